The van der Waals surface area contributed by atoms with Gasteiger partial charge in [-0.05, 0) is 31.7 Å². The van der Waals surface area contributed by atoms with Gasteiger partial charge >= 0.3 is 0 Å². The average Bonchev–Trinajstić information content (AvgIpc) is 3.23. The van der Waals surface area contributed by atoms with Gasteiger partial charge < -0.3 is 10.3 Å². The zero-order valence-electron chi connectivity index (χ0n) is 9.98. The number of aromatic nitrogens is 3. The molecular weight excluding hydrogens is 212 g/mol. The van der Waals surface area contributed by atoms with Crippen LogP contribution in [-0.4, -0.2) is 14.5 Å². The Hall–Kier alpha value is -1.42. The van der Waals surface area contributed by atoms with Gasteiger partial charge in [-0.1, -0.05) is 0 Å². The van der Waals surface area contributed by atoms with Crippen LogP contribution in [-0.2, 0) is 12.6 Å². The van der Waals surface area contributed by atoms with Crippen LogP contribution < -0.4 is 5.73 Å². The Balaban J connectivity index is 2.00. The maximum absolute atomic E-state index is 6.31. The molecule has 2 heterocycles. The number of hydrogen-bond acceptors (Lipinski definition) is 3. The number of rotatable bonds is 2. The van der Waals surface area contributed by atoms with Crippen molar-refractivity contribution in [1.82, 2.24) is 14.5 Å². The van der Waals surface area contributed by atoms with Gasteiger partial charge in [-0.25, -0.2) is 9.97 Å². The highest BCUT2D eigenvalue weighted by molar-refractivity contribution is 5.77. The summed E-state index contributed by atoms with van der Waals surface area (Å²) >= 11 is 0. The van der Waals surface area contributed by atoms with Crippen LogP contribution in [0.4, 0.5) is 0 Å². The molecule has 88 valence electrons. The number of fused-ring (bicyclic) bond motifs is 1. The highest BCUT2D eigenvalue weighted by Gasteiger charge is 2.42. The Morgan fingerprint density at radius 2 is 2.18 bits per heavy atom. The molecule has 0 aromatic carbocycles. The van der Waals surface area contributed by atoms with Crippen LogP contribution in [0.15, 0.2) is 12.3 Å². The maximum Gasteiger partial charge on any atom is 0.160 e. The maximum atomic E-state index is 6.31. The number of hydrogen-bond donors (Lipinski definition) is 1. The van der Waals surface area contributed by atoms with Crippen LogP contribution >= 0.6 is 0 Å². The van der Waals surface area contributed by atoms with Gasteiger partial charge in [-0.2, -0.15) is 0 Å². The summed E-state index contributed by atoms with van der Waals surface area (Å²) in [5, 5.41) is 0. The van der Waals surface area contributed by atoms with Crippen LogP contribution in [0.5, 0.6) is 0 Å². The van der Waals surface area contributed by atoms with E-state index in [2.05, 4.69) is 16.6 Å². The molecule has 0 amide bonds. The van der Waals surface area contributed by atoms with Crippen molar-refractivity contribution in [2.24, 2.45) is 12.8 Å². The van der Waals surface area contributed by atoms with Crippen molar-refractivity contribution in [3.8, 4) is 0 Å². The molecule has 0 radical (unpaired) electrons. The van der Waals surface area contributed by atoms with Crippen LogP contribution in [0.25, 0.3) is 11.2 Å². The van der Waals surface area contributed by atoms with Crippen molar-refractivity contribution in [3.63, 3.8) is 0 Å². The highest BCUT2D eigenvalue weighted by Crippen LogP contribution is 2.46. The summed E-state index contributed by atoms with van der Waals surface area (Å²) in [5.41, 5.74) is 9.38. The molecule has 2 saturated carbocycles. The van der Waals surface area contributed by atoms with E-state index >= 15 is 0 Å². The molecule has 2 aromatic heterocycles. The normalized spacial score (nSPS) is 22.0. The summed E-state index contributed by atoms with van der Waals surface area (Å²) in [5.74, 6) is 1.83. The minimum absolute atomic E-state index is 0.129. The first kappa shape index (κ1) is 9.59. The lowest BCUT2D eigenvalue weighted by atomic mass is 10.1. The summed E-state index contributed by atoms with van der Waals surface area (Å²) in [7, 11) is 2.07. The van der Waals surface area contributed by atoms with Crippen molar-refractivity contribution < 1.29 is 0 Å². The van der Waals surface area contributed by atoms with Crippen molar-refractivity contribution in [2.75, 3.05) is 0 Å². The first-order valence-corrected chi connectivity index (χ1v) is 6.30. The molecule has 4 heteroatoms. The van der Waals surface area contributed by atoms with E-state index in [0.29, 0.717) is 5.92 Å². The molecule has 2 fully saturated rings. The second-order valence-electron chi connectivity index (χ2n) is 5.49. The summed E-state index contributed by atoms with van der Waals surface area (Å²) in [6, 6.07) is 2.04. The molecule has 2 N–H and O–H groups in total. The topological polar surface area (TPSA) is 56.7 Å². The van der Waals surface area contributed by atoms with Gasteiger partial charge in [0.1, 0.15) is 11.3 Å². The Morgan fingerprint density at radius 1 is 1.41 bits per heavy atom. The number of nitrogens with two attached hydrogens (primary N) is 1. The second kappa shape index (κ2) is 2.88. The van der Waals surface area contributed by atoms with E-state index in [4.69, 9.17) is 10.7 Å². The van der Waals surface area contributed by atoms with Crippen LogP contribution in [0.1, 0.15) is 43.0 Å². The largest absolute Gasteiger partial charge is 0.321 e. The van der Waals surface area contributed by atoms with Gasteiger partial charge in [0.15, 0.2) is 5.65 Å². The molecule has 4 rings (SSSR count). The van der Waals surface area contributed by atoms with E-state index in [1.165, 1.54) is 24.2 Å². The molecule has 4 nitrogen and oxygen atoms in total. The molecule has 0 bridgehead atoms. The molecule has 0 aliphatic heterocycles. The van der Waals surface area contributed by atoms with Gasteiger partial charge in [0.05, 0.1) is 0 Å². The SMILES string of the molecule is Cn1c(C2CC2)nc2c(C3(N)CC3)ccnc21. The van der Waals surface area contributed by atoms with Gasteiger partial charge in [0, 0.05) is 30.3 Å². The van der Waals surface area contributed by atoms with Crippen molar-refractivity contribution in [2.45, 2.75) is 37.1 Å². The Morgan fingerprint density at radius 3 is 2.82 bits per heavy atom. The Bertz CT molecular complexity index is 605. The molecule has 2 aliphatic rings. The number of aryl methyl sites for hydroxylation is 1. The van der Waals surface area contributed by atoms with Gasteiger partial charge in [0.2, 0.25) is 0 Å². The predicted octanol–water partition coefficient (Wildman–Crippen LogP) is 1.79. The first-order chi connectivity index (χ1) is 8.19. The zero-order chi connectivity index (χ0) is 11.6. The molecule has 17 heavy (non-hydrogen) atoms. The zero-order valence-corrected chi connectivity index (χ0v) is 9.98. The van der Waals surface area contributed by atoms with Crippen LogP contribution in [0.3, 0.4) is 0 Å². The molecule has 2 aromatic rings. The second-order valence-corrected chi connectivity index (χ2v) is 5.49. The fraction of sp³-hybridized carbons (Fsp3) is 0.538. The lowest BCUT2D eigenvalue weighted by molar-refractivity contribution is 0.744. The Labute approximate surface area is 99.9 Å². The summed E-state index contributed by atoms with van der Waals surface area (Å²) in [6.07, 6.45) is 6.53. The molecule has 2 aliphatic carbocycles. The number of pyridine rings is 1. The van der Waals surface area contributed by atoms with E-state index < -0.39 is 0 Å². The number of nitrogens with zero attached hydrogens (tertiary/aromatic N) is 3. The average molecular weight is 228 g/mol. The van der Waals surface area contributed by atoms with Crippen molar-refractivity contribution in [3.05, 3.63) is 23.7 Å². The van der Waals surface area contributed by atoms with E-state index in [0.717, 1.165) is 24.0 Å². The first-order valence-electron chi connectivity index (χ1n) is 6.30. The standard InChI is InChI=1S/C13H16N4/c1-17-11(8-2-3-8)16-10-9(13(14)5-6-13)4-7-15-12(10)17/h4,7-8H,2-3,5-6,14H2,1H3. The quantitative estimate of drug-likeness (QED) is 0.852. The van der Waals surface area contributed by atoms with Gasteiger partial charge in [-0.15, -0.1) is 0 Å². The molecule has 0 unspecified atom stereocenters. The summed E-state index contributed by atoms with van der Waals surface area (Å²) < 4.78 is 2.14. The van der Waals surface area contributed by atoms with Crippen LogP contribution in [0.2, 0.25) is 0 Å². The molecular formula is C13H16N4. The molecule has 0 saturated heterocycles. The Kier molecular flexibility index (Phi) is 1.62. The van der Waals surface area contributed by atoms with Gasteiger partial charge in [-0.3, -0.25) is 0 Å². The minimum Gasteiger partial charge on any atom is -0.321 e. The minimum atomic E-state index is -0.129. The third kappa shape index (κ3) is 1.27. The van der Waals surface area contributed by atoms with E-state index in [1.807, 2.05) is 12.3 Å². The summed E-state index contributed by atoms with van der Waals surface area (Å²) in [6.45, 7) is 0. The van der Waals surface area contributed by atoms with Gasteiger partial charge in [0.25, 0.3) is 0 Å². The lowest BCUT2D eigenvalue weighted by Gasteiger charge is -2.08. The fourth-order valence-corrected chi connectivity index (χ4v) is 2.61. The van der Waals surface area contributed by atoms with E-state index in [9.17, 15) is 0 Å². The van der Waals surface area contributed by atoms with E-state index in [-0.39, 0.29) is 5.54 Å². The molecule has 0 spiro atoms. The number of imidazole rings is 1. The third-order valence-corrected chi connectivity index (χ3v) is 4.06. The monoisotopic (exact) mass is 228 g/mol. The van der Waals surface area contributed by atoms with Crippen LogP contribution in [0, 0.1) is 0 Å². The smallest absolute Gasteiger partial charge is 0.160 e. The highest BCUT2D eigenvalue weighted by atomic mass is 15.1. The van der Waals surface area contributed by atoms with E-state index in [1.54, 1.807) is 0 Å². The molecule has 0 atom stereocenters. The lowest BCUT2D eigenvalue weighted by Crippen LogP contribution is -2.19. The summed E-state index contributed by atoms with van der Waals surface area (Å²) in [4.78, 5) is 9.26. The van der Waals surface area contributed by atoms with Crippen molar-refractivity contribution >= 4 is 11.2 Å². The third-order valence-electron chi connectivity index (χ3n) is 4.06. The predicted molar refractivity (Wildman–Crippen MR) is 65.6 cm³/mol. The fourth-order valence-electron chi connectivity index (χ4n) is 2.61. The van der Waals surface area contributed by atoms with Crippen molar-refractivity contribution in [1.29, 1.82) is 0 Å².